The van der Waals surface area contributed by atoms with Gasteiger partial charge in [-0.1, -0.05) is 45.0 Å². The number of amides is 2. The molecule has 5 nitrogen and oxygen atoms in total. The van der Waals surface area contributed by atoms with Crippen LogP contribution >= 0.6 is 0 Å². The van der Waals surface area contributed by atoms with Gasteiger partial charge in [-0.05, 0) is 55.5 Å². The van der Waals surface area contributed by atoms with Crippen molar-refractivity contribution >= 4 is 23.2 Å². The molecule has 0 fully saturated rings. The topological polar surface area (TPSA) is 61.4 Å². The Hall–Kier alpha value is -2.82. The Morgan fingerprint density at radius 2 is 1.66 bits per heavy atom. The number of para-hydroxylation sites is 1. The van der Waals surface area contributed by atoms with Crippen LogP contribution in [0.2, 0.25) is 0 Å². The quantitative estimate of drug-likeness (QED) is 0.603. The molecule has 2 rings (SSSR count). The average Bonchev–Trinajstić information content (AvgIpc) is 2.72. The highest BCUT2D eigenvalue weighted by atomic mass is 16.2. The van der Waals surface area contributed by atoms with Crippen molar-refractivity contribution < 1.29 is 9.59 Å². The normalized spacial score (nSPS) is 10.5. The van der Waals surface area contributed by atoms with Crippen LogP contribution in [0.3, 0.4) is 0 Å². The van der Waals surface area contributed by atoms with Crippen molar-refractivity contribution in [3.8, 4) is 0 Å². The molecule has 5 heteroatoms. The monoisotopic (exact) mass is 395 g/mol. The molecule has 0 aromatic heterocycles. The first kappa shape index (κ1) is 22.5. The van der Waals surface area contributed by atoms with E-state index in [0.717, 1.165) is 43.6 Å². The smallest absolute Gasteiger partial charge is 0.253 e. The molecule has 0 aliphatic carbocycles. The minimum atomic E-state index is -0.140. The number of anilines is 2. The molecule has 0 atom stereocenters. The third kappa shape index (κ3) is 6.34. The van der Waals surface area contributed by atoms with Gasteiger partial charge in [0.1, 0.15) is 0 Å². The third-order valence-corrected chi connectivity index (χ3v) is 4.83. The average molecular weight is 396 g/mol. The predicted octanol–water partition coefficient (Wildman–Crippen LogP) is 4.87. The first-order valence-electron chi connectivity index (χ1n) is 10.5. The van der Waals surface area contributed by atoms with Crippen LogP contribution in [0.4, 0.5) is 11.4 Å². The molecule has 0 aliphatic heterocycles. The fourth-order valence-corrected chi connectivity index (χ4v) is 3.42. The van der Waals surface area contributed by atoms with Crippen molar-refractivity contribution in [2.24, 2.45) is 0 Å². The number of carbonyl (C=O) groups is 2. The van der Waals surface area contributed by atoms with E-state index >= 15 is 0 Å². The van der Waals surface area contributed by atoms with Gasteiger partial charge < -0.3 is 15.5 Å². The Labute approximate surface area is 174 Å². The van der Waals surface area contributed by atoms with Gasteiger partial charge in [0.2, 0.25) is 5.91 Å². The fourth-order valence-electron chi connectivity index (χ4n) is 3.42. The lowest BCUT2D eigenvalue weighted by molar-refractivity contribution is -0.114. The van der Waals surface area contributed by atoms with E-state index in [1.807, 2.05) is 36.1 Å². The van der Waals surface area contributed by atoms with Crippen LogP contribution in [0.15, 0.2) is 42.5 Å². The Balaban J connectivity index is 2.03. The maximum atomic E-state index is 12.8. The molecule has 2 aromatic carbocycles. The van der Waals surface area contributed by atoms with Crippen molar-refractivity contribution in [3.05, 3.63) is 59.2 Å². The number of aryl methyl sites for hydroxylation is 2. The van der Waals surface area contributed by atoms with Crippen LogP contribution in [0.25, 0.3) is 0 Å². The van der Waals surface area contributed by atoms with Crippen molar-refractivity contribution in [2.75, 3.05) is 30.3 Å². The standard InChI is InChI=1S/C24H33N3O2/c1-5-14-27(15-6-2)24(29)20-12-9-13-21(16-20)26-22(28)17-25-23-18(4)10-8-11-19(23)7-3/h8-13,16,25H,5-7,14-15,17H2,1-4H3,(H,26,28). The van der Waals surface area contributed by atoms with Crippen molar-refractivity contribution in [1.29, 1.82) is 0 Å². The molecule has 0 heterocycles. The van der Waals surface area contributed by atoms with Gasteiger partial charge in [0, 0.05) is 30.0 Å². The van der Waals surface area contributed by atoms with Crippen LogP contribution in [0, 0.1) is 6.92 Å². The largest absolute Gasteiger partial charge is 0.376 e. The number of nitrogens with one attached hydrogen (secondary N) is 2. The van der Waals surface area contributed by atoms with Crippen LogP contribution < -0.4 is 10.6 Å². The second-order valence-electron chi connectivity index (χ2n) is 7.24. The number of hydrogen-bond acceptors (Lipinski definition) is 3. The first-order chi connectivity index (χ1) is 14.0. The zero-order valence-corrected chi connectivity index (χ0v) is 18.0. The molecule has 156 valence electrons. The molecule has 0 saturated heterocycles. The SMILES string of the molecule is CCCN(CCC)C(=O)c1cccc(NC(=O)CNc2c(C)cccc2CC)c1. The fraction of sp³-hybridized carbons (Fsp3) is 0.417. The van der Waals surface area contributed by atoms with Crippen molar-refractivity contribution in [2.45, 2.75) is 47.0 Å². The minimum Gasteiger partial charge on any atom is -0.376 e. The van der Waals surface area contributed by atoms with Gasteiger partial charge in [0.05, 0.1) is 6.54 Å². The Kier molecular flexibility index (Phi) is 8.71. The van der Waals surface area contributed by atoms with E-state index in [-0.39, 0.29) is 18.4 Å². The molecule has 0 saturated carbocycles. The number of carbonyl (C=O) groups excluding carboxylic acids is 2. The maximum absolute atomic E-state index is 12.8. The summed E-state index contributed by atoms with van der Waals surface area (Å²) in [4.78, 5) is 27.1. The molecule has 2 amide bonds. The van der Waals surface area contributed by atoms with Crippen LogP contribution in [0.1, 0.15) is 55.1 Å². The molecule has 0 spiro atoms. The summed E-state index contributed by atoms with van der Waals surface area (Å²) >= 11 is 0. The molecule has 0 bridgehead atoms. The van der Waals surface area contributed by atoms with Gasteiger partial charge in [0.15, 0.2) is 0 Å². The summed E-state index contributed by atoms with van der Waals surface area (Å²) in [5, 5.41) is 6.15. The number of rotatable bonds is 10. The predicted molar refractivity (Wildman–Crippen MR) is 121 cm³/mol. The summed E-state index contributed by atoms with van der Waals surface area (Å²) in [6.07, 6.45) is 2.75. The lowest BCUT2D eigenvalue weighted by atomic mass is 10.1. The minimum absolute atomic E-state index is 0.00965. The number of hydrogen-bond donors (Lipinski definition) is 2. The molecule has 2 N–H and O–H groups in total. The Morgan fingerprint density at radius 1 is 0.966 bits per heavy atom. The molecule has 0 unspecified atom stereocenters. The highest BCUT2D eigenvalue weighted by Gasteiger charge is 2.15. The van der Waals surface area contributed by atoms with E-state index in [9.17, 15) is 9.59 Å². The van der Waals surface area contributed by atoms with Crippen LogP contribution in [-0.4, -0.2) is 36.3 Å². The van der Waals surface area contributed by atoms with E-state index < -0.39 is 0 Å². The van der Waals surface area contributed by atoms with Crippen LogP contribution in [-0.2, 0) is 11.2 Å². The zero-order chi connectivity index (χ0) is 21.2. The lowest BCUT2D eigenvalue weighted by Crippen LogP contribution is -2.32. The molecule has 2 aromatic rings. The van der Waals surface area contributed by atoms with E-state index in [1.54, 1.807) is 12.1 Å². The summed E-state index contributed by atoms with van der Waals surface area (Å²) in [5.74, 6) is -0.130. The molecule has 0 aliphatic rings. The van der Waals surface area contributed by atoms with E-state index in [2.05, 4.69) is 37.5 Å². The van der Waals surface area contributed by atoms with Gasteiger partial charge in [-0.2, -0.15) is 0 Å². The van der Waals surface area contributed by atoms with E-state index in [1.165, 1.54) is 5.56 Å². The van der Waals surface area contributed by atoms with Crippen molar-refractivity contribution in [3.63, 3.8) is 0 Å². The summed E-state index contributed by atoms with van der Waals surface area (Å²) < 4.78 is 0. The number of benzene rings is 2. The van der Waals surface area contributed by atoms with Gasteiger partial charge in [0.25, 0.3) is 5.91 Å². The highest BCUT2D eigenvalue weighted by molar-refractivity contribution is 5.98. The summed E-state index contributed by atoms with van der Waals surface area (Å²) in [6, 6.07) is 13.3. The van der Waals surface area contributed by atoms with E-state index in [4.69, 9.17) is 0 Å². The summed E-state index contributed by atoms with van der Waals surface area (Å²) in [5.41, 5.74) is 4.57. The highest BCUT2D eigenvalue weighted by Crippen LogP contribution is 2.21. The van der Waals surface area contributed by atoms with Crippen LogP contribution in [0.5, 0.6) is 0 Å². The second kappa shape index (κ2) is 11.2. The molecule has 0 radical (unpaired) electrons. The molecular weight excluding hydrogens is 362 g/mol. The third-order valence-electron chi connectivity index (χ3n) is 4.83. The Bertz CT molecular complexity index is 827. The first-order valence-corrected chi connectivity index (χ1v) is 10.5. The van der Waals surface area contributed by atoms with Crippen molar-refractivity contribution in [1.82, 2.24) is 4.90 Å². The Morgan fingerprint density at radius 3 is 2.31 bits per heavy atom. The molecule has 29 heavy (non-hydrogen) atoms. The van der Waals surface area contributed by atoms with E-state index in [0.29, 0.717) is 11.3 Å². The maximum Gasteiger partial charge on any atom is 0.253 e. The van der Waals surface area contributed by atoms with Gasteiger partial charge in [-0.25, -0.2) is 0 Å². The van der Waals surface area contributed by atoms with Gasteiger partial charge >= 0.3 is 0 Å². The molecular formula is C24H33N3O2. The lowest BCUT2D eigenvalue weighted by Gasteiger charge is -2.21. The summed E-state index contributed by atoms with van der Waals surface area (Å²) in [7, 11) is 0. The van der Waals surface area contributed by atoms with Gasteiger partial charge in [-0.3, -0.25) is 9.59 Å². The second-order valence-corrected chi connectivity index (χ2v) is 7.24. The number of nitrogens with zero attached hydrogens (tertiary/aromatic N) is 1. The zero-order valence-electron chi connectivity index (χ0n) is 18.0. The van der Waals surface area contributed by atoms with Gasteiger partial charge in [-0.15, -0.1) is 0 Å². The summed E-state index contributed by atoms with van der Waals surface area (Å²) in [6.45, 7) is 9.92.